The van der Waals surface area contributed by atoms with E-state index in [0.29, 0.717) is 23.0 Å². The van der Waals surface area contributed by atoms with Crippen LogP contribution >= 0.6 is 11.8 Å². The van der Waals surface area contributed by atoms with Gasteiger partial charge in [-0.1, -0.05) is 19.9 Å². The Labute approximate surface area is 90.1 Å². The number of allylic oxidation sites excluding steroid dienone is 1. The number of carbonyl (C=O) groups is 1. The summed E-state index contributed by atoms with van der Waals surface area (Å²) < 4.78 is 4.83. The van der Waals surface area contributed by atoms with E-state index in [-0.39, 0.29) is 5.97 Å². The van der Waals surface area contributed by atoms with Crippen LogP contribution in [0.25, 0.3) is 0 Å². The molecule has 1 saturated heterocycles. The molecule has 0 aliphatic carbocycles. The Morgan fingerprint density at radius 2 is 2.29 bits per heavy atom. The standard InChI is InChI=1S/C11H18O2S/c1-4-13-11(12)6-5-10-7-8(2)14-9(10)3/h5-6,8-10H,4,7H2,1-3H3/b6-5+. The molecule has 0 aromatic rings. The molecule has 1 aliphatic heterocycles. The van der Waals surface area contributed by atoms with E-state index in [0.717, 1.165) is 0 Å². The fraction of sp³-hybridized carbons (Fsp3) is 0.727. The number of rotatable bonds is 3. The summed E-state index contributed by atoms with van der Waals surface area (Å²) in [6.45, 7) is 6.73. The lowest BCUT2D eigenvalue weighted by Crippen LogP contribution is -2.06. The number of esters is 1. The molecule has 0 N–H and O–H groups in total. The molecule has 0 saturated carbocycles. The van der Waals surface area contributed by atoms with E-state index >= 15 is 0 Å². The first-order chi connectivity index (χ1) is 6.63. The lowest BCUT2D eigenvalue weighted by molar-refractivity contribution is -0.137. The molecule has 1 rings (SSSR count). The first-order valence-electron chi connectivity index (χ1n) is 5.14. The second-order valence-corrected chi connectivity index (χ2v) is 5.48. The highest BCUT2D eigenvalue weighted by molar-refractivity contribution is 8.00. The Kier molecular flexibility index (Phi) is 4.52. The minimum absolute atomic E-state index is 0.218. The zero-order valence-electron chi connectivity index (χ0n) is 9.03. The molecule has 14 heavy (non-hydrogen) atoms. The second-order valence-electron chi connectivity index (χ2n) is 3.66. The van der Waals surface area contributed by atoms with Crippen molar-refractivity contribution in [2.24, 2.45) is 5.92 Å². The van der Waals surface area contributed by atoms with Crippen LogP contribution in [0, 0.1) is 5.92 Å². The first-order valence-corrected chi connectivity index (χ1v) is 6.08. The maximum Gasteiger partial charge on any atom is 0.330 e. The maximum absolute atomic E-state index is 11.1. The third-order valence-corrected chi connectivity index (χ3v) is 3.86. The summed E-state index contributed by atoms with van der Waals surface area (Å²) in [7, 11) is 0. The molecule has 0 bridgehead atoms. The quantitative estimate of drug-likeness (QED) is 0.533. The van der Waals surface area contributed by atoms with Crippen LogP contribution in [0.2, 0.25) is 0 Å². The van der Waals surface area contributed by atoms with Crippen LogP contribution in [0.3, 0.4) is 0 Å². The van der Waals surface area contributed by atoms with Crippen molar-refractivity contribution in [3.63, 3.8) is 0 Å². The molecule has 1 aliphatic rings. The number of hydrogen-bond donors (Lipinski definition) is 0. The van der Waals surface area contributed by atoms with Gasteiger partial charge < -0.3 is 4.74 Å². The van der Waals surface area contributed by atoms with Crippen LogP contribution in [-0.4, -0.2) is 23.1 Å². The van der Waals surface area contributed by atoms with Crippen molar-refractivity contribution in [1.82, 2.24) is 0 Å². The van der Waals surface area contributed by atoms with Gasteiger partial charge in [0.2, 0.25) is 0 Å². The van der Waals surface area contributed by atoms with Crippen molar-refractivity contribution in [3.05, 3.63) is 12.2 Å². The Bertz CT molecular complexity index is 225. The van der Waals surface area contributed by atoms with Crippen molar-refractivity contribution >= 4 is 17.7 Å². The summed E-state index contributed by atoms with van der Waals surface area (Å²) in [5.74, 6) is 0.309. The largest absolute Gasteiger partial charge is 0.463 e. The monoisotopic (exact) mass is 214 g/mol. The van der Waals surface area contributed by atoms with Gasteiger partial charge in [0.25, 0.3) is 0 Å². The van der Waals surface area contributed by atoms with Crippen LogP contribution in [0.5, 0.6) is 0 Å². The molecule has 80 valence electrons. The summed E-state index contributed by atoms with van der Waals surface area (Å²) in [5, 5.41) is 1.33. The maximum atomic E-state index is 11.1. The van der Waals surface area contributed by atoms with Crippen LogP contribution in [0.4, 0.5) is 0 Å². The molecular formula is C11H18O2S. The van der Waals surface area contributed by atoms with Crippen molar-refractivity contribution in [3.8, 4) is 0 Å². The highest BCUT2D eigenvalue weighted by Gasteiger charge is 2.27. The average molecular weight is 214 g/mol. The molecule has 3 atom stereocenters. The lowest BCUT2D eigenvalue weighted by Gasteiger charge is -2.07. The van der Waals surface area contributed by atoms with E-state index in [9.17, 15) is 4.79 Å². The van der Waals surface area contributed by atoms with E-state index in [1.807, 2.05) is 24.8 Å². The number of carbonyl (C=O) groups excluding carboxylic acids is 1. The van der Waals surface area contributed by atoms with Gasteiger partial charge in [0.05, 0.1) is 6.61 Å². The van der Waals surface area contributed by atoms with Crippen molar-refractivity contribution in [1.29, 1.82) is 0 Å². The third-order valence-electron chi connectivity index (χ3n) is 2.42. The fourth-order valence-corrected chi connectivity index (χ4v) is 3.20. The summed E-state index contributed by atoms with van der Waals surface area (Å²) in [6, 6.07) is 0. The zero-order valence-corrected chi connectivity index (χ0v) is 9.84. The minimum Gasteiger partial charge on any atom is -0.463 e. The van der Waals surface area contributed by atoms with Crippen LogP contribution in [0.15, 0.2) is 12.2 Å². The fourth-order valence-electron chi connectivity index (χ4n) is 1.73. The summed E-state index contributed by atoms with van der Waals surface area (Å²) in [5.41, 5.74) is 0. The highest BCUT2D eigenvalue weighted by Crippen LogP contribution is 2.38. The van der Waals surface area contributed by atoms with E-state index < -0.39 is 0 Å². The van der Waals surface area contributed by atoms with Crippen molar-refractivity contribution in [2.75, 3.05) is 6.61 Å². The van der Waals surface area contributed by atoms with Crippen molar-refractivity contribution in [2.45, 2.75) is 37.7 Å². The van der Waals surface area contributed by atoms with Gasteiger partial charge in [-0.15, -0.1) is 0 Å². The van der Waals surface area contributed by atoms with Gasteiger partial charge in [-0.3, -0.25) is 0 Å². The van der Waals surface area contributed by atoms with Gasteiger partial charge in [0, 0.05) is 16.6 Å². The summed E-state index contributed by atoms with van der Waals surface area (Å²) >= 11 is 1.99. The molecule has 0 aromatic carbocycles. The first kappa shape index (κ1) is 11.6. The predicted octanol–water partition coefficient (Wildman–Crippen LogP) is 2.64. The molecular weight excluding hydrogens is 196 g/mol. The average Bonchev–Trinajstić information content (AvgIpc) is 2.42. The molecule has 0 aromatic heterocycles. The van der Waals surface area contributed by atoms with E-state index in [1.54, 1.807) is 6.08 Å². The smallest absolute Gasteiger partial charge is 0.330 e. The number of hydrogen-bond acceptors (Lipinski definition) is 3. The molecule has 0 amide bonds. The van der Waals surface area contributed by atoms with Gasteiger partial charge in [0.15, 0.2) is 0 Å². The van der Waals surface area contributed by atoms with E-state index in [2.05, 4.69) is 13.8 Å². The Morgan fingerprint density at radius 1 is 1.57 bits per heavy atom. The molecule has 3 heteroatoms. The molecule has 1 heterocycles. The molecule has 0 radical (unpaired) electrons. The molecule has 0 spiro atoms. The molecule has 1 fully saturated rings. The molecule has 2 nitrogen and oxygen atoms in total. The Balaban J connectivity index is 2.40. The SMILES string of the molecule is CCOC(=O)/C=C/C1CC(C)SC1C. The lowest BCUT2D eigenvalue weighted by atomic mass is 10.0. The van der Waals surface area contributed by atoms with E-state index in [4.69, 9.17) is 4.74 Å². The Morgan fingerprint density at radius 3 is 2.79 bits per heavy atom. The number of ether oxygens (including phenoxy) is 1. The normalized spacial score (nSPS) is 32.4. The van der Waals surface area contributed by atoms with E-state index in [1.165, 1.54) is 6.42 Å². The van der Waals surface area contributed by atoms with Gasteiger partial charge in [-0.25, -0.2) is 4.79 Å². The number of thioether (sulfide) groups is 1. The summed E-state index contributed by atoms with van der Waals surface area (Å²) in [4.78, 5) is 11.1. The predicted molar refractivity (Wildman–Crippen MR) is 60.4 cm³/mol. The second kappa shape index (κ2) is 5.44. The molecule has 3 unspecified atom stereocenters. The van der Waals surface area contributed by atoms with Crippen molar-refractivity contribution < 1.29 is 9.53 Å². The summed E-state index contributed by atoms with van der Waals surface area (Å²) in [6.07, 6.45) is 4.74. The van der Waals surface area contributed by atoms with Gasteiger partial charge in [-0.05, 0) is 19.3 Å². The van der Waals surface area contributed by atoms with Crippen LogP contribution in [0.1, 0.15) is 27.2 Å². The highest BCUT2D eigenvalue weighted by atomic mass is 32.2. The zero-order chi connectivity index (χ0) is 10.6. The topological polar surface area (TPSA) is 26.3 Å². The minimum atomic E-state index is -0.218. The van der Waals surface area contributed by atoms with Gasteiger partial charge in [0.1, 0.15) is 0 Å². The third kappa shape index (κ3) is 3.37. The van der Waals surface area contributed by atoms with Gasteiger partial charge in [-0.2, -0.15) is 11.8 Å². The van der Waals surface area contributed by atoms with Gasteiger partial charge >= 0.3 is 5.97 Å². The van der Waals surface area contributed by atoms with Crippen LogP contribution in [-0.2, 0) is 9.53 Å². The Hall–Kier alpha value is -0.440. The van der Waals surface area contributed by atoms with Crippen LogP contribution < -0.4 is 0 Å².